The maximum atomic E-state index is 13.2. The van der Waals surface area contributed by atoms with Gasteiger partial charge in [0.05, 0.1) is 25.9 Å². The second-order valence-corrected chi connectivity index (χ2v) is 11.9. The molecule has 2 saturated carbocycles. The first kappa shape index (κ1) is 23.4. The van der Waals surface area contributed by atoms with Gasteiger partial charge in [-0.05, 0) is 68.9 Å². The Morgan fingerprint density at radius 2 is 1.71 bits per heavy atom. The molecule has 3 aromatic rings. The van der Waals surface area contributed by atoms with Crippen LogP contribution >= 0.6 is 11.3 Å². The molecule has 0 bridgehead atoms. The number of aromatic nitrogens is 1. The van der Waals surface area contributed by atoms with E-state index in [4.69, 9.17) is 4.84 Å². The summed E-state index contributed by atoms with van der Waals surface area (Å²) in [5.74, 6) is -1.60. The van der Waals surface area contributed by atoms with Gasteiger partial charge in [0.25, 0.3) is 5.91 Å². The van der Waals surface area contributed by atoms with Crippen LogP contribution in [0.4, 0.5) is 5.13 Å². The molecule has 0 radical (unpaired) electrons. The molecule has 2 aliphatic rings. The number of oxime groups is 1. The molecule has 2 aromatic carbocycles. The molecule has 0 unspecified atom stereocenters. The van der Waals surface area contributed by atoms with Crippen molar-refractivity contribution in [3.63, 3.8) is 0 Å². The number of nitrogens with one attached hydrogen (secondary N) is 1. The predicted molar refractivity (Wildman–Crippen MR) is 132 cm³/mol. The number of carboxylic acids is 1. The summed E-state index contributed by atoms with van der Waals surface area (Å²) >= 11 is 1.15. The summed E-state index contributed by atoms with van der Waals surface area (Å²) in [6, 6.07) is 10.6. The highest BCUT2D eigenvalue weighted by Gasteiger charge is 2.36. The molecule has 182 valence electrons. The number of carbonyl (C=O) groups excluding carboxylic acids is 1. The third-order valence-electron chi connectivity index (χ3n) is 6.09. The summed E-state index contributed by atoms with van der Waals surface area (Å²) in [7, 11) is -3.35. The molecule has 1 heterocycles. The van der Waals surface area contributed by atoms with Gasteiger partial charge in [0.15, 0.2) is 20.7 Å². The zero-order valence-electron chi connectivity index (χ0n) is 18.6. The zero-order chi connectivity index (χ0) is 24.6. The summed E-state index contributed by atoms with van der Waals surface area (Å²) in [6.07, 6.45) is 5.08. The van der Waals surface area contributed by atoms with Crippen LogP contribution in [0.3, 0.4) is 0 Å². The van der Waals surface area contributed by atoms with Crippen LogP contribution in [0.25, 0.3) is 10.2 Å². The van der Waals surface area contributed by atoms with Gasteiger partial charge in [-0.15, -0.1) is 0 Å². The number of hydrogen-bond acceptors (Lipinski definition) is 8. The van der Waals surface area contributed by atoms with Crippen LogP contribution in [0.1, 0.15) is 54.4 Å². The van der Waals surface area contributed by atoms with Crippen molar-refractivity contribution in [2.24, 2.45) is 5.16 Å². The van der Waals surface area contributed by atoms with Crippen LogP contribution in [0, 0.1) is 0 Å². The third kappa shape index (κ3) is 5.06. The average Bonchev–Trinajstić information content (AvgIpc) is 3.44. The number of carbonyl (C=O) groups is 2. The van der Waals surface area contributed by atoms with Crippen LogP contribution in [0.15, 0.2) is 52.5 Å². The number of aromatic carboxylic acids is 1. The molecular formula is C24H23N3O6S2. The van der Waals surface area contributed by atoms with Crippen molar-refractivity contribution in [2.45, 2.75) is 54.8 Å². The highest BCUT2D eigenvalue weighted by atomic mass is 32.2. The maximum Gasteiger partial charge on any atom is 0.335 e. The van der Waals surface area contributed by atoms with E-state index in [0.717, 1.165) is 37.0 Å². The molecule has 2 N–H and O–H groups in total. The molecule has 2 aliphatic carbocycles. The van der Waals surface area contributed by atoms with E-state index in [1.165, 1.54) is 24.3 Å². The van der Waals surface area contributed by atoms with Crippen LogP contribution in [0.2, 0.25) is 0 Å². The van der Waals surface area contributed by atoms with E-state index in [2.05, 4.69) is 15.5 Å². The number of thiazole rings is 1. The minimum absolute atomic E-state index is 0.0118. The zero-order valence-corrected chi connectivity index (χ0v) is 20.3. The topological polar surface area (TPSA) is 135 Å². The minimum atomic E-state index is -3.35. The summed E-state index contributed by atoms with van der Waals surface area (Å²) in [4.78, 5) is 34.7. The Morgan fingerprint density at radius 1 is 1.03 bits per heavy atom. The Labute approximate surface area is 205 Å². The highest BCUT2D eigenvalue weighted by Crippen LogP contribution is 2.33. The molecule has 35 heavy (non-hydrogen) atoms. The molecule has 0 spiro atoms. The van der Waals surface area contributed by atoms with Gasteiger partial charge in [0.1, 0.15) is 6.10 Å². The number of fused-ring (bicyclic) bond motifs is 1. The van der Waals surface area contributed by atoms with E-state index in [-0.39, 0.29) is 32.7 Å². The first-order valence-corrected chi connectivity index (χ1v) is 13.7. The molecule has 1 amide bonds. The van der Waals surface area contributed by atoms with Crippen molar-refractivity contribution in [1.82, 2.24) is 4.98 Å². The normalized spacial score (nSPS) is 17.0. The SMILES string of the molecule is O=C(Nc1nc2ccc(C(=O)O)cc2s1)/C(=N/OC1CCCC1)c1ccc(S(=O)(=O)C2CC2)cc1. The summed E-state index contributed by atoms with van der Waals surface area (Å²) in [5, 5.41) is 16.0. The van der Waals surface area contributed by atoms with Crippen molar-refractivity contribution in [3.05, 3.63) is 53.6 Å². The van der Waals surface area contributed by atoms with E-state index in [0.29, 0.717) is 28.6 Å². The molecule has 5 rings (SSSR count). The first-order chi connectivity index (χ1) is 16.8. The number of hydrogen-bond donors (Lipinski definition) is 2. The average molecular weight is 514 g/mol. The summed E-state index contributed by atoms with van der Waals surface area (Å²) in [5.41, 5.74) is 1.13. The Bertz CT molecular complexity index is 1420. The van der Waals surface area contributed by atoms with Crippen molar-refractivity contribution < 1.29 is 28.0 Å². The van der Waals surface area contributed by atoms with Crippen LogP contribution in [0.5, 0.6) is 0 Å². The molecule has 0 atom stereocenters. The Hall–Kier alpha value is -3.31. The maximum absolute atomic E-state index is 13.2. The predicted octanol–water partition coefficient (Wildman–Crippen LogP) is 4.23. The fourth-order valence-electron chi connectivity index (χ4n) is 3.99. The van der Waals surface area contributed by atoms with Crippen LogP contribution < -0.4 is 5.32 Å². The van der Waals surface area contributed by atoms with Gasteiger partial charge in [0.2, 0.25) is 0 Å². The first-order valence-electron chi connectivity index (χ1n) is 11.3. The van der Waals surface area contributed by atoms with Gasteiger partial charge >= 0.3 is 5.97 Å². The number of rotatable bonds is 8. The Morgan fingerprint density at radius 3 is 2.37 bits per heavy atom. The molecular weight excluding hydrogens is 490 g/mol. The summed E-state index contributed by atoms with van der Waals surface area (Å²) < 4.78 is 25.7. The third-order valence-corrected chi connectivity index (χ3v) is 9.30. The molecule has 1 aromatic heterocycles. The van der Waals surface area contributed by atoms with E-state index in [1.807, 2.05) is 0 Å². The standard InChI is InChI=1S/C24H23N3O6S2/c28-22(26-24-25-19-12-7-15(23(29)30)13-20(19)34-24)21(27-33-16-3-1-2-4-16)14-5-8-17(9-6-14)35(31,32)18-10-11-18/h5-9,12-13,16,18H,1-4,10-11H2,(H,29,30)(H,25,26,28)/b27-21+. The van der Waals surface area contributed by atoms with E-state index >= 15 is 0 Å². The molecule has 11 heteroatoms. The second kappa shape index (κ2) is 9.38. The van der Waals surface area contributed by atoms with Gasteiger partial charge < -0.3 is 9.94 Å². The number of sulfone groups is 1. The van der Waals surface area contributed by atoms with Crippen LogP contribution in [-0.4, -0.2) is 47.5 Å². The fourth-order valence-corrected chi connectivity index (χ4v) is 6.54. The molecule has 2 fully saturated rings. The number of benzene rings is 2. The lowest BCUT2D eigenvalue weighted by atomic mass is 10.1. The quantitative estimate of drug-likeness (QED) is 0.340. The Balaban J connectivity index is 1.41. The number of nitrogens with zero attached hydrogens (tertiary/aromatic N) is 2. The van der Waals surface area contributed by atoms with Crippen LogP contribution in [-0.2, 0) is 19.5 Å². The van der Waals surface area contributed by atoms with E-state index < -0.39 is 21.7 Å². The minimum Gasteiger partial charge on any atom is -0.478 e. The number of carboxylic acid groups (broad SMARTS) is 1. The van der Waals surface area contributed by atoms with Gasteiger partial charge in [0, 0.05) is 5.56 Å². The van der Waals surface area contributed by atoms with Crippen molar-refractivity contribution in [2.75, 3.05) is 5.32 Å². The largest absolute Gasteiger partial charge is 0.478 e. The van der Waals surface area contributed by atoms with Gasteiger partial charge in [-0.1, -0.05) is 28.6 Å². The number of anilines is 1. The van der Waals surface area contributed by atoms with Gasteiger partial charge in [-0.3, -0.25) is 10.1 Å². The molecule has 9 nitrogen and oxygen atoms in total. The molecule has 0 saturated heterocycles. The lowest BCUT2D eigenvalue weighted by Crippen LogP contribution is -2.25. The van der Waals surface area contributed by atoms with Crippen molar-refractivity contribution >= 4 is 54.1 Å². The second-order valence-electron chi connectivity index (χ2n) is 8.68. The van der Waals surface area contributed by atoms with Gasteiger partial charge in [-0.2, -0.15) is 0 Å². The molecule has 0 aliphatic heterocycles. The summed E-state index contributed by atoms with van der Waals surface area (Å²) in [6.45, 7) is 0. The lowest BCUT2D eigenvalue weighted by molar-refractivity contribution is -0.110. The monoisotopic (exact) mass is 513 g/mol. The Kier molecular flexibility index (Phi) is 6.28. The number of amides is 1. The van der Waals surface area contributed by atoms with E-state index in [9.17, 15) is 23.1 Å². The van der Waals surface area contributed by atoms with E-state index in [1.54, 1.807) is 18.2 Å². The highest BCUT2D eigenvalue weighted by molar-refractivity contribution is 7.92. The lowest BCUT2D eigenvalue weighted by Gasteiger charge is -2.11. The smallest absolute Gasteiger partial charge is 0.335 e. The van der Waals surface area contributed by atoms with Crippen molar-refractivity contribution in [3.8, 4) is 0 Å². The fraction of sp³-hybridized carbons (Fsp3) is 0.333. The van der Waals surface area contributed by atoms with Gasteiger partial charge in [-0.25, -0.2) is 18.2 Å². The van der Waals surface area contributed by atoms with Crippen molar-refractivity contribution in [1.29, 1.82) is 0 Å².